The van der Waals surface area contributed by atoms with Crippen LogP contribution < -0.4 is 0 Å². The van der Waals surface area contributed by atoms with Crippen molar-refractivity contribution in [2.24, 2.45) is 0 Å². The van der Waals surface area contributed by atoms with E-state index in [2.05, 4.69) is 4.90 Å². The number of aryl methyl sites for hydroxylation is 1. The number of hydrogen-bond donors (Lipinski definition) is 0. The summed E-state index contributed by atoms with van der Waals surface area (Å²) in [4.78, 5) is 2.32. The molecule has 2 rings (SSSR count). The van der Waals surface area contributed by atoms with Crippen LogP contribution in [-0.2, 0) is 6.54 Å². The van der Waals surface area contributed by atoms with Crippen molar-refractivity contribution in [2.75, 3.05) is 13.1 Å². The van der Waals surface area contributed by atoms with Crippen LogP contribution in [-0.4, -0.2) is 18.0 Å². The Bertz CT molecular complexity index is 316. The van der Waals surface area contributed by atoms with Crippen LogP contribution >= 0.6 is 0 Å². The molecular weight excluding hydrogens is 177 g/mol. The van der Waals surface area contributed by atoms with Crippen molar-refractivity contribution >= 4 is 0 Å². The second-order valence-corrected chi connectivity index (χ2v) is 4.03. The first-order valence-corrected chi connectivity index (χ1v) is 5.24. The van der Waals surface area contributed by atoms with Crippen LogP contribution in [0.1, 0.15) is 24.0 Å². The zero-order chi connectivity index (χ0) is 9.97. The Kier molecular flexibility index (Phi) is 2.82. The molecule has 2 heteroatoms. The lowest BCUT2D eigenvalue weighted by Gasteiger charge is -2.15. The summed E-state index contributed by atoms with van der Waals surface area (Å²) in [6.07, 6.45) is 2.51. The zero-order valence-corrected chi connectivity index (χ0v) is 8.59. The fourth-order valence-electron chi connectivity index (χ4n) is 2.01. The molecule has 1 nitrogen and oxygen atoms in total. The van der Waals surface area contributed by atoms with Gasteiger partial charge < -0.3 is 0 Å². The highest BCUT2D eigenvalue weighted by atomic mass is 19.1. The summed E-state index contributed by atoms with van der Waals surface area (Å²) in [5, 5.41) is 0. The topological polar surface area (TPSA) is 3.24 Å². The molecule has 1 aromatic carbocycles. The highest BCUT2D eigenvalue weighted by molar-refractivity contribution is 5.24. The first kappa shape index (κ1) is 9.66. The Balaban J connectivity index is 2.11. The van der Waals surface area contributed by atoms with Crippen molar-refractivity contribution in [2.45, 2.75) is 26.3 Å². The van der Waals surface area contributed by atoms with E-state index in [1.165, 1.54) is 12.8 Å². The molecule has 1 saturated heterocycles. The van der Waals surface area contributed by atoms with Crippen LogP contribution in [0.15, 0.2) is 18.2 Å². The molecule has 1 aliphatic heterocycles. The molecule has 0 unspecified atom stereocenters. The summed E-state index contributed by atoms with van der Waals surface area (Å²) >= 11 is 0. The third-order valence-corrected chi connectivity index (χ3v) is 2.86. The van der Waals surface area contributed by atoms with Crippen molar-refractivity contribution in [3.63, 3.8) is 0 Å². The fraction of sp³-hybridized carbons (Fsp3) is 0.500. The van der Waals surface area contributed by atoms with Gasteiger partial charge >= 0.3 is 0 Å². The molecule has 0 N–H and O–H groups in total. The molecule has 1 aliphatic rings. The van der Waals surface area contributed by atoms with Gasteiger partial charge in [-0.3, -0.25) is 4.90 Å². The van der Waals surface area contributed by atoms with Gasteiger partial charge in [-0.1, -0.05) is 18.2 Å². The highest BCUT2D eigenvalue weighted by Gasteiger charge is 2.14. The van der Waals surface area contributed by atoms with Gasteiger partial charge in [-0.25, -0.2) is 4.39 Å². The second-order valence-electron chi connectivity index (χ2n) is 4.03. The molecule has 0 atom stereocenters. The first-order valence-electron chi connectivity index (χ1n) is 5.24. The van der Waals surface area contributed by atoms with E-state index >= 15 is 0 Å². The maximum absolute atomic E-state index is 13.6. The number of likely N-dealkylation sites (tertiary alicyclic amines) is 1. The predicted molar refractivity (Wildman–Crippen MR) is 55.6 cm³/mol. The Morgan fingerprint density at radius 1 is 1.29 bits per heavy atom. The second kappa shape index (κ2) is 4.09. The Labute approximate surface area is 84.5 Å². The third-order valence-electron chi connectivity index (χ3n) is 2.86. The number of halogens is 1. The van der Waals surface area contributed by atoms with E-state index in [4.69, 9.17) is 0 Å². The third kappa shape index (κ3) is 1.95. The molecule has 1 fully saturated rings. The molecule has 1 heterocycles. The van der Waals surface area contributed by atoms with E-state index < -0.39 is 0 Å². The molecule has 76 valence electrons. The maximum atomic E-state index is 13.6. The van der Waals surface area contributed by atoms with E-state index in [0.29, 0.717) is 0 Å². The van der Waals surface area contributed by atoms with Crippen LogP contribution in [0.25, 0.3) is 0 Å². The normalized spacial score (nSPS) is 17.6. The molecule has 1 aromatic rings. The molecule has 0 aromatic heterocycles. The van der Waals surface area contributed by atoms with E-state index in [9.17, 15) is 4.39 Å². The lowest BCUT2D eigenvalue weighted by Crippen LogP contribution is -2.19. The van der Waals surface area contributed by atoms with Gasteiger partial charge in [0.15, 0.2) is 0 Å². The highest BCUT2D eigenvalue weighted by Crippen LogP contribution is 2.17. The standard InChI is InChI=1S/C12H16FN/c1-10-5-4-6-11(12(10)13)9-14-7-2-3-8-14/h4-6H,2-3,7-9H2,1H3. The molecule has 0 saturated carbocycles. The lowest BCUT2D eigenvalue weighted by atomic mass is 10.1. The first-order chi connectivity index (χ1) is 6.77. The Hall–Kier alpha value is -0.890. The number of nitrogens with zero attached hydrogens (tertiary/aromatic N) is 1. The average molecular weight is 193 g/mol. The maximum Gasteiger partial charge on any atom is 0.130 e. The fourth-order valence-corrected chi connectivity index (χ4v) is 2.01. The van der Waals surface area contributed by atoms with Gasteiger partial charge in [0.25, 0.3) is 0 Å². The minimum Gasteiger partial charge on any atom is -0.299 e. The molecule has 14 heavy (non-hydrogen) atoms. The molecular formula is C12H16FN. The summed E-state index contributed by atoms with van der Waals surface area (Å²) in [5.74, 6) is -0.0283. The molecule has 0 radical (unpaired) electrons. The summed E-state index contributed by atoms with van der Waals surface area (Å²) in [7, 11) is 0. The van der Waals surface area contributed by atoms with Gasteiger partial charge in [0.05, 0.1) is 0 Å². The molecule has 0 amide bonds. The number of benzene rings is 1. The van der Waals surface area contributed by atoms with Gasteiger partial charge in [-0.15, -0.1) is 0 Å². The van der Waals surface area contributed by atoms with E-state index in [1.807, 2.05) is 25.1 Å². The van der Waals surface area contributed by atoms with Crippen molar-refractivity contribution in [3.05, 3.63) is 35.1 Å². The van der Waals surface area contributed by atoms with Gasteiger partial charge in [0, 0.05) is 12.1 Å². The number of hydrogen-bond acceptors (Lipinski definition) is 1. The van der Waals surface area contributed by atoms with Crippen LogP contribution in [0.3, 0.4) is 0 Å². The van der Waals surface area contributed by atoms with Crippen LogP contribution in [0.2, 0.25) is 0 Å². The van der Waals surface area contributed by atoms with Crippen molar-refractivity contribution in [1.82, 2.24) is 4.90 Å². The van der Waals surface area contributed by atoms with E-state index in [-0.39, 0.29) is 5.82 Å². The van der Waals surface area contributed by atoms with Gasteiger partial charge in [-0.2, -0.15) is 0 Å². The van der Waals surface area contributed by atoms with Crippen LogP contribution in [0.5, 0.6) is 0 Å². The Morgan fingerprint density at radius 3 is 2.71 bits per heavy atom. The van der Waals surface area contributed by atoms with Gasteiger partial charge in [0.2, 0.25) is 0 Å². The van der Waals surface area contributed by atoms with Crippen LogP contribution in [0.4, 0.5) is 4.39 Å². The van der Waals surface area contributed by atoms with E-state index in [0.717, 1.165) is 30.8 Å². The van der Waals surface area contributed by atoms with E-state index in [1.54, 1.807) is 0 Å². The molecule has 0 spiro atoms. The summed E-state index contributed by atoms with van der Waals surface area (Å²) < 4.78 is 13.6. The van der Waals surface area contributed by atoms with Crippen LogP contribution in [0, 0.1) is 12.7 Å². The monoisotopic (exact) mass is 193 g/mol. The quantitative estimate of drug-likeness (QED) is 0.698. The average Bonchev–Trinajstić information content (AvgIpc) is 2.66. The zero-order valence-electron chi connectivity index (χ0n) is 8.59. The number of rotatable bonds is 2. The van der Waals surface area contributed by atoms with Gasteiger partial charge in [-0.05, 0) is 38.4 Å². The smallest absolute Gasteiger partial charge is 0.130 e. The summed E-state index contributed by atoms with van der Waals surface area (Å²) in [6.45, 7) is 4.83. The summed E-state index contributed by atoms with van der Waals surface area (Å²) in [5.41, 5.74) is 1.59. The largest absolute Gasteiger partial charge is 0.299 e. The van der Waals surface area contributed by atoms with Gasteiger partial charge in [0.1, 0.15) is 5.82 Å². The summed E-state index contributed by atoms with van der Waals surface area (Å²) in [6, 6.07) is 5.65. The lowest BCUT2D eigenvalue weighted by molar-refractivity contribution is 0.325. The van der Waals surface area contributed by atoms with Crippen molar-refractivity contribution in [1.29, 1.82) is 0 Å². The van der Waals surface area contributed by atoms with Crippen molar-refractivity contribution in [3.8, 4) is 0 Å². The predicted octanol–water partition coefficient (Wildman–Crippen LogP) is 2.73. The minimum atomic E-state index is -0.0283. The Morgan fingerprint density at radius 2 is 2.00 bits per heavy atom. The molecule has 0 bridgehead atoms. The van der Waals surface area contributed by atoms with Crippen molar-refractivity contribution < 1.29 is 4.39 Å². The minimum absolute atomic E-state index is 0.0283. The SMILES string of the molecule is Cc1cccc(CN2CCCC2)c1F. The molecule has 0 aliphatic carbocycles.